The van der Waals surface area contributed by atoms with Gasteiger partial charge >= 0.3 is 0 Å². The van der Waals surface area contributed by atoms with Gasteiger partial charge in [-0.1, -0.05) is 11.6 Å². The fourth-order valence-electron chi connectivity index (χ4n) is 1.38. The van der Waals surface area contributed by atoms with E-state index in [1.54, 1.807) is 11.8 Å². The molecule has 0 atom stereocenters. The van der Waals surface area contributed by atoms with Gasteiger partial charge in [-0.15, -0.1) is 11.8 Å². The highest BCUT2D eigenvalue weighted by molar-refractivity contribution is 7.98. The first kappa shape index (κ1) is 10.1. The Morgan fingerprint density at radius 1 is 1.50 bits per heavy atom. The molecule has 0 unspecified atom stereocenters. The Labute approximate surface area is 92.7 Å². The Balaban J connectivity index is 2.17. The number of rotatable bonds is 3. The summed E-state index contributed by atoms with van der Waals surface area (Å²) in [5.41, 5.74) is 0. The number of anilines is 1. The molecule has 1 N–H and O–H groups in total. The van der Waals surface area contributed by atoms with Crippen LogP contribution in [0.1, 0.15) is 19.3 Å². The Kier molecular flexibility index (Phi) is 3.13. The molecule has 1 saturated carbocycles. The highest BCUT2D eigenvalue weighted by atomic mass is 35.5. The molecule has 0 spiro atoms. The third-order valence-electron chi connectivity index (χ3n) is 2.41. The fraction of sp³-hybridized carbons (Fsp3) is 0.556. The normalized spacial score (nSPS) is 16.4. The maximum atomic E-state index is 5.96. The van der Waals surface area contributed by atoms with Crippen molar-refractivity contribution in [1.29, 1.82) is 0 Å². The number of aromatic nitrogens is 2. The lowest BCUT2D eigenvalue weighted by atomic mass is 9.93. The van der Waals surface area contributed by atoms with Crippen LogP contribution >= 0.6 is 23.4 Å². The maximum Gasteiger partial charge on any atom is 0.148 e. The van der Waals surface area contributed by atoms with Crippen LogP contribution in [0.25, 0.3) is 0 Å². The standard InChI is InChI=1S/C9H12ClN3S/c1-14-7-8(10)11-5-12-9(7)13-6-3-2-4-6/h5-6H,2-4H2,1H3,(H,11,12,13). The number of hydrogen-bond acceptors (Lipinski definition) is 4. The lowest BCUT2D eigenvalue weighted by molar-refractivity contribution is 0.443. The number of hydrogen-bond donors (Lipinski definition) is 1. The van der Waals surface area contributed by atoms with E-state index in [2.05, 4.69) is 15.3 Å². The molecule has 1 aromatic heterocycles. The summed E-state index contributed by atoms with van der Waals surface area (Å²) in [6, 6.07) is 0.576. The van der Waals surface area contributed by atoms with Crippen molar-refractivity contribution in [3.8, 4) is 0 Å². The summed E-state index contributed by atoms with van der Waals surface area (Å²) in [6.45, 7) is 0. The number of nitrogens with one attached hydrogen (secondary N) is 1. The molecule has 76 valence electrons. The van der Waals surface area contributed by atoms with Gasteiger partial charge in [-0.3, -0.25) is 0 Å². The third-order valence-corrected chi connectivity index (χ3v) is 3.60. The molecule has 0 saturated heterocycles. The van der Waals surface area contributed by atoms with Gasteiger partial charge in [0.25, 0.3) is 0 Å². The minimum absolute atomic E-state index is 0.536. The van der Waals surface area contributed by atoms with Crippen molar-refractivity contribution in [3.05, 3.63) is 11.5 Å². The summed E-state index contributed by atoms with van der Waals surface area (Å²) < 4.78 is 0. The van der Waals surface area contributed by atoms with Crippen molar-refractivity contribution < 1.29 is 0 Å². The largest absolute Gasteiger partial charge is 0.366 e. The van der Waals surface area contributed by atoms with Gasteiger partial charge in [-0.2, -0.15) is 0 Å². The van der Waals surface area contributed by atoms with E-state index < -0.39 is 0 Å². The molecule has 0 radical (unpaired) electrons. The Morgan fingerprint density at radius 2 is 2.29 bits per heavy atom. The second kappa shape index (κ2) is 4.36. The molecule has 5 heteroatoms. The van der Waals surface area contributed by atoms with E-state index in [-0.39, 0.29) is 0 Å². The van der Waals surface area contributed by atoms with Gasteiger partial charge in [0.15, 0.2) is 0 Å². The average Bonchev–Trinajstić information content (AvgIpc) is 2.11. The Hall–Kier alpha value is -0.480. The van der Waals surface area contributed by atoms with E-state index in [4.69, 9.17) is 11.6 Å². The Morgan fingerprint density at radius 3 is 2.86 bits per heavy atom. The summed E-state index contributed by atoms with van der Waals surface area (Å²) in [4.78, 5) is 9.11. The van der Waals surface area contributed by atoms with Gasteiger partial charge in [0.1, 0.15) is 17.3 Å². The highest BCUT2D eigenvalue weighted by Crippen LogP contribution is 2.31. The predicted octanol–water partition coefficient (Wildman–Crippen LogP) is 2.82. The summed E-state index contributed by atoms with van der Waals surface area (Å²) in [6.07, 6.45) is 7.26. The molecule has 1 heterocycles. The lowest BCUT2D eigenvalue weighted by Crippen LogP contribution is -2.27. The van der Waals surface area contributed by atoms with Crippen LogP contribution in [0.15, 0.2) is 11.2 Å². The van der Waals surface area contributed by atoms with Crippen LogP contribution in [0.3, 0.4) is 0 Å². The van der Waals surface area contributed by atoms with Gasteiger partial charge in [0.2, 0.25) is 0 Å². The van der Waals surface area contributed by atoms with E-state index in [9.17, 15) is 0 Å². The van der Waals surface area contributed by atoms with E-state index in [1.807, 2.05) is 6.26 Å². The summed E-state index contributed by atoms with van der Waals surface area (Å²) in [7, 11) is 0. The maximum absolute atomic E-state index is 5.96. The quantitative estimate of drug-likeness (QED) is 0.639. The van der Waals surface area contributed by atoms with Crippen molar-refractivity contribution in [2.24, 2.45) is 0 Å². The first-order valence-corrected chi connectivity index (χ1v) is 6.22. The second-order valence-corrected chi connectivity index (χ2v) is 4.49. The van der Waals surface area contributed by atoms with Gasteiger partial charge in [-0.25, -0.2) is 9.97 Å². The molecule has 14 heavy (non-hydrogen) atoms. The molecule has 0 aromatic carbocycles. The molecule has 3 nitrogen and oxygen atoms in total. The predicted molar refractivity (Wildman–Crippen MR) is 60.1 cm³/mol. The topological polar surface area (TPSA) is 37.8 Å². The zero-order chi connectivity index (χ0) is 9.97. The Bertz CT molecular complexity index is 328. The average molecular weight is 230 g/mol. The van der Waals surface area contributed by atoms with Crippen LogP contribution < -0.4 is 5.32 Å². The zero-order valence-corrected chi connectivity index (χ0v) is 9.53. The molecule has 0 amide bonds. The molecular weight excluding hydrogens is 218 g/mol. The monoisotopic (exact) mass is 229 g/mol. The summed E-state index contributed by atoms with van der Waals surface area (Å²) >= 11 is 7.54. The summed E-state index contributed by atoms with van der Waals surface area (Å²) in [5.74, 6) is 0.877. The molecular formula is C9H12ClN3S. The molecule has 2 rings (SSSR count). The molecule has 1 aliphatic carbocycles. The highest BCUT2D eigenvalue weighted by Gasteiger charge is 2.19. The van der Waals surface area contributed by atoms with E-state index in [0.29, 0.717) is 11.2 Å². The minimum atomic E-state index is 0.536. The second-order valence-electron chi connectivity index (χ2n) is 3.32. The van der Waals surface area contributed by atoms with Gasteiger partial charge in [0.05, 0.1) is 4.90 Å². The van der Waals surface area contributed by atoms with Gasteiger partial charge in [0, 0.05) is 6.04 Å². The van der Waals surface area contributed by atoms with Crippen LogP contribution in [0.5, 0.6) is 0 Å². The molecule has 1 aromatic rings. The molecule has 0 aliphatic heterocycles. The number of nitrogens with zero attached hydrogens (tertiary/aromatic N) is 2. The smallest absolute Gasteiger partial charge is 0.148 e. The molecule has 1 aliphatic rings. The van der Waals surface area contributed by atoms with Crippen LogP contribution in [-0.4, -0.2) is 22.3 Å². The zero-order valence-electron chi connectivity index (χ0n) is 7.96. The van der Waals surface area contributed by atoms with E-state index in [1.165, 1.54) is 25.6 Å². The third kappa shape index (κ3) is 1.96. The number of thioether (sulfide) groups is 1. The van der Waals surface area contributed by atoms with Crippen molar-refractivity contribution in [3.63, 3.8) is 0 Å². The van der Waals surface area contributed by atoms with Crippen LogP contribution in [0, 0.1) is 0 Å². The van der Waals surface area contributed by atoms with Crippen molar-refractivity contribution in [2.75, 3.05) is 11.6 Å². The summed E-state index contributed by atoms with van der Waals surface area (Å²) in [5, 5.41) is 3.92. The van der Waals surface area contributed by atoms with Crippen LogP contribution in [0.4, 0.5) is 5.82 Å². The van der Waals surface area contributed by atoms with Crippen molar-refractivity contribution >= 4 is 29.2 Å². The lowest BCUT2D eigenvalue weighted by Gasteiger charge is -2.27. The van der Waals surface area contributed by atoms with Crippen molar-refractivity contribution in [2.45, 2.75) is 30.2 Å². The molecule has 0 bridgehead atoms. The first-order valence-electron chi connectivity index (χ1n) is 4.62. The molecule has 1 fully saturated rings. The fourth-order valence-corrected chi connectivity index (χ4v) is 2.27. The van der Waals surface area contributed by atoms with Gasteiger partial charge in [-0.05, 0) is 25.5 Å². The first-order chi connectivity index (χ1) is 6.81. The number of halogens is 1. The van der Waals surface area contributed by atoms with Crippen molar-refractivity contribution in [1.82, 2.24) is 9.97 Å². The van der Waals surface area contributed by atoms with E-state index in [0.717, 1.165) is 10.7 Å². The SMILES string of the molecule is CSc1c(Cl)ncnc1NC1CCC1. The minimum Gasteiger partial charge on any atom is -0.366 e. The van der Waals surface area contributed by atoms with Gasteiger partial charge < -0.3 is 5.32 Å². The van der Waals surface area contributed by atoms with E-state index >= 15 is 0 Å². The van der Waals surface area contributed by atoms with Crippen LogP contribution in [0.2, 0.25) is 5.15 Å². The van der Waals surface area contributed by atoms with Crippen LogP contribution in [-0.2, 0) is 0 Å².